The Morgan fingerprint density at radius 1 is 1.47 bits per heavy atom. The topological polar surface area (TPSA) is 55.1 Å². The number of thiocarbonyl (C=S) groups is 1. The van der Waals surface area contributed by atoms with Crippen LogP contribution in [0.15, 0.2) is 22.7 Å². The van der Waals surface area contributed by atoms with Crippen molar-refractivity contribution in [2.24, 2.45) is 11.7 Å². The van der Waals surface area contributed by atoms with E-state index < -0.39 is 0 Å². The third kappa shape index (κ3) is 3.34. The molecule has 5 heteroatoms. The quantitative estimate of drug-likeness (QED) is 0.831. The molecule has 1 aromatic rings. The van der Waals surface area contributed by atoms with Gasteiger partial charge < -0.3 is 11.1 Å². The minimum Gasteiger partial charge on any atom is -0.393 e. The van der Waals surface area contributed by atoms with Crippen molar-refractivity contribution in [1.29, 1.82) is 0 Å². The Hall–Kier alpha value is -0.940. The number of hydrogen-bond donors (Lipinski definition) is 2. The minimum atomic E-state index is -0.0434. The standard InChI is InChI=1S/C14H17BrN2OS/c1-8-7-9(15)5-6-10(8)14(18)17-12-4-2-3-11(12)13(16)19/h5-7,11-12H,2-4H2,1H3,(H2,16,19)(H,17,18). The molecule has 3 nitrogen and oxygen atoms in total. The number of nitrogens with one attached hydrogen (secondary N) is 1. The first-order valence-corrected chi connectivity index (χ1v) is 7.55. The summed E-state index contributed by atoms with van der Waals surface area (Å²) in [5.74, 6) is 0.0906. The lowest BCUT2D eigenvalue weighted by atomic mass is 10.0. The minimum absolute atomic E-state index is 0.0434. The van der Waals surface area contributed by atoms with Crippen LogP contribution >= 0.6 is 28.1 Å². The van der Waals surface area contributed by atoms with E-state index in [1.165, 1.54) is 0 Å². The third-order valence-corrected chi connectivity index (χ3v) is 4.43. The number of halogens is 1. The molecule has 1 aliphatic carbocycles. The van der Waals surface area contributed by atoms with Gasteiger partial charge in [0.15, 0.2) is 0 Å². The SMILES string of the molecule is Cc1cc(Br)ccc1C(=O)NC1CCCC1C(N)=S. The van der Waals surface area contributed by atoms with Gasteiger partial charge in [0.25, 0.3) is 5.91 Å². The van der Waals surface area contributed by atoms with E-state index in [-0.39, 0.29) is 17.9 Å². The molecule has 3 N–H and O–H groups in total. The lowest BCUT2D eigenvalue weighted by molar-refractivity contribution is 0.0933. The average Bonchev–Trinajstić information content (AvgIpc) is 2.76. The maximum atomic E-state index is 12.3. The molecule has 1 amide bonds. The molecule has 1 aromatic carbocycles. The molecule has 1 fully saturated rings. The average molecular weight is 341 g/mol. The second-order valence-corrected chi connectivity index (χ2v) is 6.37. The third-order valence-electron chi connectivity index (χ3n) is 3.63. The Morgan fingerprint density at radius 2 is 2.21 bits per heavy atom. The monoisotopic (exact) mass is 340 g/mol. The Morgan fingerprint density at radius 3 is 2.84 bits per heavy atom. The van der Waals surface area contributed by atoms with E-state index in [0.717, 1.165) is 29.3 Å². The van der Waals surface area contributed by atoms with Crippen LogP contribution in [-0.2, 0) is 0 Å². The number of rotatable bonds is 3. The lowest BCUT2D eigenvalue weighted by Gasteiger charge is -2.20. The lowest BCUT2D eigenvalue weighted by Crippen LogP contribution is -2.41. The smallest absolute Gasteiger partial charge is 0.251 e. The summed E-state index contributed by atoms with van der Waals surface area (Å²) in [5, 5.41) is 3.07. The Labute approximate surface area is 127 Å². The first kappa shape index (κ1) is 14.5. The number of benzene rings is 1. The van der Waals surface area contributed by atoms with Gasteiger partial charge in [0.2, 0.25) is 0 Å². The summed E-state index contributed by atoms with van der Waals surface area (Å²) in [5.41, 5.74) is 7.39. The summed E-state index contributed by atoms with van der Waals surface area (Å²) >= 11 is 8.46. The van der Waals surface area contributed by atoms with Crippen LogP contribution in [0.3, 0.4) is 0 Å². The van der Waals surface area contributed by atoms with Gasteiger partial charge in [-0.2, -0.15) is 0 Å². The zero-order chi connectivity index (χ0) is 14.0. The number of carbonyl (C=O) groups is 1. The number of carbonyl (C=O) groups excluding carboxylic acids is 1. The largest absolute Gasteiger partial charge is 0.393 e. The van der Waals surface area contributed by atoms with E-state index in [4.69, 9.17) is 18.0 Å². The molecule has 2 unspecified atom stereocenters. The van der Waals surface area contributed by atoms with Crippen LogP contribution in [-0.4, -0.2) is 16.9 Å². The predicted molar refractivity (Wildman–Crippen MR) is 84.3 cm³/mol. The molecule has 0 bridgehead atoms. The molecule has 0 heterocycles. The first-order valence-electron chi connectivity index (χ1n) is 6.35. The molecule has 0 spiro atoms. The molecule has 0 aromatic heterocycles. The van der Waals surface area contributed by atoms with E-state index in [1.54, 1.807) is 0 Å². The van der Waals surface area contributed by atoms with Gasteiger partial charge in [-0.25, -0.2) is 0 Å². The normalized spacial score (nSPS) is 22.2. The zero-order valence-electron chi connectivity index (χ0n) is 10.8. The van der Waals surface area contributed by atoms with Gasteiger partial charge >= 0.3 is 0 Å². The molecule has 102 valence electrons. The van der Waals surface area contributed by atoms with E-state index in [0.29, 0.717) is 10.6 Å². The van der Waals surface area contributed by atoms with Crippen molar-refractivity contribution in [3.63, 3.8) is 0 Å². The van der Waals surface area contributed by atoms with E-state index in [1.807, 2.05) is 25.1 Å². The van der Waals surface area contributed by atoms with Gasteiger partial charge in [-0.05, 0) is 43.5 Å². The maximum absolute atomic E-state index is 12.3. The molecular formula is C14H17BrN2OS. The second kappa shape index (κ2) is 6.01. The summed E-state index contributed by atoms with van der Waals surface area (Å²) in [6.07, 6.45) is 2.98. The van der Waals surface area contributed by atoms with Gasteiger partial charge in [0, 0.05) is 22.0 Å². The van der Waals surface area contributed by atoms with Gasteiger partial charge in [0.1, 0.15) is 0 Å². The van der Waals surface area contributed by atoms with Crippen molar-refractivity contribution in [3.05, 3.63) is 33.8 Å². The predicted octanol–water partition coefficient (Wildman–Crippen LogP) is 2.94. The van der Waals surface area contributed by atoms with Crippen LogP contribution < -0.4 is 11.1 Å². The number of aryl methyl sites for hydroxylation is 1. The van der Waals surface area contributed by atoms with Crippen LogP contribution in [0.2, 0.25) is 0 Å². The van der Waals surface area contributed by atoms with Crippen molar-refractivity contribution < 1.29 is 4.79 Å². The van der Waals surface area contributed by atoms with E-state index >= 15 is 0 Å². The highest BCUT2D eigenvalue weighted by Gasteiger charge is 2.30. The van der Waals surface area contributed by atoms with Crippen LogP contribution in [0.4, 0.5) is 0 Å². The number of nitrogens with two attached hydrogens (primary N) is 1. The molecule has 0 radical (unpaired) electrons. The Balaban J connectivity index is 2.10. The highest BCUT2D eigenvalue weighted by molar-refractivity contribution is 9.10. The van der Waals surface area contributed by atoms with Crippen molar-refractivity contribution in [1.82, 2.24) is 5.32 Å². The van der Waals surface area contributed by atoms with Gasteiger partial charge in [-0.15, -0.1) is 0 Å². The second-order valence-electron chi connectivity index (χ2n) is 4.98. The summed E-state index contributed by atoms with van der Waals surface area (Å²) in [7, 11) is 0. The fourth-order valence-corrected chi connectivity index (χ4v) is 3.36. The van der Waals surface area contributed by atoms with Gasteiger partial charge in [-0.1, -0.05) is 34.6 Å². The molecule has 0 saturated heterocycles. The van der Waals surface area contributed by atoms with E-state index in [2.05, 4.69) is 21.2 Å². The summed E-state index contributed by atoms with van der Waals surface area (Å²) in [6.45, 7) is 1.93. The van der Waals surface area contributed by atoms with E-state index in [9.17, 15) is 4.79 Å². The summed E-state index contributed by atoms with van der Waals surface area (Å²) < 4.78 is 0.975. The first-order chi connectivity index (χ1) is 8.99. The van der Waals surface area contributed by atoms with Crippen molar-refractivity contribution in [2.45, 2.75) is 32.2 Å². The van der Waals surface area contributed by atoms with Gasteiger partial charge in [0.05, 0.1) is 4.99 Å². The van der Waals surface area contributed by atoms with Crippen LogP contribution in [0.5, 0.6) is 0 Å². The van der Waals surface area contributed by atoms with Crippen molar-refractivity contribution >= 4 is 39.0 Å². The van der Waals surface area contributed by atoms with Crippen LogP contribution in [0.1, 0.15) is 35.2 Å². The molecule has 2 atom stereocenters. The fourth-order valence-electron chi connectivity index (χ4n) is 2.60. The van der Waals surface area contributed by atoms with Crippen molar-refractivity contribution in [2.75, 3.05) is 0 Å². The number of hydrogen-bond acceptors (Lipinski definition) is 2. The van der Waals surface area contributed by atoms with Crippen molar-refractivity contribution in [3.8, 4) is 0 Å². The summed E-state index contributed by atoms with van der Waals surface area (Å²) in [4.78, 5) is 12.8. The highest BCUT2D eigenvalue weighted by atomic mass is 79.9. The number of amides is 1. The maximum Gasteiger partial charge on any atom is 0.251 e. The molecule has 0 aliphatic heterocycles. The Bertz CT molecular complexity index is 518. The molecule has 1 aliphatic rings. The molecule has 19 heavy (non-hydrogen) atoms. The van der Waals surface area contributed by atoms with Gasteiger partial charge in [-0.3, -0.25) is 4.79 Å². The van der Waals surface area contributed by atoms with Crippen LogP contribution in [0.25, 0.3) is 0 Å². The molecular weight excluding hydrogens is 324 g/mol. The highest BCUT2D eigenvalue weighted by Crippen LogP contribution is 2.26. The fraction of sp³-hybridized carbons (Fsp3) is 0.429. The Kier molecular flexibility index (Phi) is 4.58. The molecule has 2 rings (SSSR count). The van der Waals surface area contributed by atoms with Crippen LogP contribution in [0, 0.1) is 12.8 Å². The zero-order valence-corrected chi connectivity index (χ0v) is 13.2. The molecule has 1 saturated carbocycles. The summed E-state index contributed by atoms with van der Waals surface area (Å²) in [6, 6.07) is 5.73.